The Hall–Kier alpha value is -3.75. The van der Waals surface area contributed by atoms with Crippen molar-refractivity contribution in [2.75, 3.05) is 11.4 Å². The van der Waals surface area contributed by atoms with Gasteiger partial charge in [0, 0.05) is 17.8 Å². The summed E-state index contributed by atoms with van der Waals surface area (Å²) in [6.45, 7) is 7.21. The lowest BCUT2D eigenvalue weighted by atomic mass is 9.99. The molecular weight excluding hydrogens is 604 g/mol. The molecule has 1 amide bonds. The molecule has 1 N–H and O–H groups in total. The summed E-state index contributed by atoms with van der Waals surface area (Å²) in [5.41, 5.74) is 5.23. The summed E-state index contributed by atoms with van der Waals surface area (Å²) in [6, 6.07) is 23.1. The highest BCUT2D eigenvalue weighted by molar-refractivity contribution is 7.90. The maximum absolute atomic E-state index is 13.5. The molecule has 7 nitrogen and oxygen atoms in total. The van der Waals surface area contributed by atoms with Gasteiger partial charge in [0.2, 0.25) is 5.95 Å². The summed E-state index contributed by atoms with van der Waals surface area (Å²) in [5.74, 6) is 0.222. The Labute approximate surface area is 272 Å². The van der Waals surface area contributed by atoms with Gasteiger partial charge in [-0.25, -0.2) is 23.1 Å². The molecule has 236 valence electrons. The van der Waals surface area contributed by atoms with Crippen LogP contribution in [0.5, 0.6) is 0 Å². The van der Waals surface area contributed by atoms with E-state index >= 15 is 0 Å². The first kappa shape index (κ1) is 32.6. The molecule has 1 aliphatic heterocycles. The summed E-state index contributed by atoms with van der Waals surface area (Å²) in [4.78, 5) is 25.3. The van der Waals surface area contributed by atoms with Gasteiger partial charge in [0.1, 0.15) is 0 Å². The molecule has 5 rings (SSSR count). The van der Waals surface area contributed by atoms with Crippen molar-refractivity contribution < 1.29 is 13.2 Å². The first-order valence-corrected chi connectivity index (χ1v) is 17.6. The summed E-state index contributed by atoms with van der Waals surface area (Å²) < 4.78 is 28.7. The predicted molar refractivity (Wildman–Crippen MR) is 180 cm³/mol. The molecule has 1 fully saturated rings. The summed E-state index contributed by atoms with van der Waals surface area (Å²) >= 11 is 6.14. The average Bonchev–Trinajstić information content (AvgIpc) is 3.53. The van der Waals surface area contributed by atoms with E-state index in [4.69, 9.17) is 16.6 Å². The Morgan fingerprint density at radius 3 is 2.29 bits per heavy atom. The molecule has 45 heavy (non-hydrogen) atoms. The number of rotatable bonds is 12. The van der Waals surface area contributed by atoms with E-state index in [1.165, 1.54) is 11.8 Å². The van der Waals surface area contributed by atoms with Crippen LogP contribution in [0.15, 0.2) is 83.9 Å². The number of nitrogens with zero attached hydrogens (tertiary/aromatic N) is 3. The van der Waals surface area contributed by atoms with Crippen molar-refractivity contribution in [1.29, 1.82) is 0 Å². The molecule has 0 radical (unpaired) electrons. The van der Waals surface area contributed by atoms with E-state index in [1.807, 2.05) is 24.3 Å². The summed E-state index contributed by atoms with van der Waals surface area (Å²) in [5, 5.41) is 0.681. The van der Waals surface area contributed by atoms with E-state index in [9.17, 15) is 13.2 Å². The quantitative estimate of drug-likeness (QED) is 0.169. The predicted octanol–water partition coefficient (Wildman–Crippen LogP) is 7.84. The monoisotopic (exact) mass is 644 g/mol. The summed E-state index contributed by atoms with van der Waals surface area (Å²) in [7, 11) is -4.09. The van der Waals surface area contributed by atoms with Gasteiger partial charge in [0.25, 0.3) is 15.9 Å². The minimum atomic E-state index is -4.09. The van der Waals surface area contributed by atoms with Crippen LogP contribution in [0.3, 0.4) is 0 Å². The Bertz CT molecular complexity index is 1710. The van der Waals surface area contributed by atoms with Crippen molar-refractivity contribution in [2.24, 2.45) is 0 Å². The van der Waals surface area contributed by atoms with Crippen molar-refractivity contribution in [3.63, 3.8) is 0 Å². The third-order valence-corrected chi connectivity index (χ3v) is 10.0. The minimum absolute atomic E-state index is 0.0447. The number of anilines is 1. The molecule has 1 aliphatic rings. The Morgan fingerprint density at radius 1 is 0.956 bits per heavy atom. The van der Waals surface area contributed by atoms with Gasteiger partial charge in [-0.3, -0.25) is 4.79 Å². The Kier molecular flexibility index (Phi) is 10.6. The molecule has 0 bridgehead atoms. The lowest BCUT2D eigenvalue weighted by Gasteiger charge is -2.26. The largest absolute Gasteiger partial charge is 0.334 e. The maximum atomic E-state index is 13.5. The number of aromatic nitrogens is 2. The van der Waals surface area contributed by atoms with Crippen molar-refractivity contribution in [1.82, 2.24) is 14.7 Å². The fraction of sp³-hybridized carbons (Fsp3) is 0.361. The second-order valence-electron chi connectivity index (χ2n) is 12.0. The standard InChI is InChI=1S/C36H41ClN4O3S/c1-4-5-7-26-11-20-31(21-12-26)45(43,44)40-35(42)32-24-38-36(41-23-6-8-34(41)29-16-18-30(37)19-17-29)39-33(32)22-13-27-9-14-28(15-10-27)25(2)3/h9-12,14-21,24-25,34H,4-8,13,22-23H2,1-3H3,(H,40,42)/t34-/m1/s1. The van der Waals surface area contributed by atoms with Crippen molar-refractivity contribution >= 4 is 33.5 Å². The molecule has 0 aliphatic carbocycles. The molecule has 0 unspecified atom stereocenters. The molecule has 9 heteroatoms. The molecule has 0 spiro atoms. The highest BCUT2D eigenvalue weighted by Gasteiger charge is 2.30. The zero-order valence-corrected chi connectivity index (χ0v) is 27.7. The molecule has 1 aromatic heterocycles. The van der Waals surface area contributed by atoms with E-state index in [2.05, 4.69) is 59.6 Å². The fourth-order valence-corrected chi connectivity index (χ4v) is 6.84. The van der Waals surface area contributed by atoms with Crippen molar-refractivity contribution in [3.8, 4) is 0 Å². The summed E-state index contributed by atoms with van der Waals surface area (Å²) in [6.07, 6.45) is 7.45. The SMILES string of the molecule is CCCCc1ccc(S(=O)(=O)NC(=O)c2cnc(N3CCC[C@@H]3c3ccc(Cl)cc3)nc2CCc2ccc(C(C)C)cc2)cc1. The van der Waals surface area contributed by atoms with Crippen LogP contribution in [0.2, 0.25) is 5.02 Å². The van der Waals surface area contributed by atoms with Gasteiger partial charge in [-0.1, -0.05) is 87.3 Å². The molecule has 1 saturated heterocycles. The van der Waals surface area contributed by atoms with Crippen LogP contribution in [-0.2, 0) is 29.3 Å². The lowest BCUT2D eigenvalue weighted by Crippen LogP contribution is -2.32. The molecule has 3 aromatic carbocycles. The van der Waals surface area contributed by atoms with Crippen LogP contribution in [0.4, 0.5) is 5.95 Å². The number of nitrogens with one attached hydrogen (secondary N) is 1. The number of amides is 1. The second-order valence-corrected chi connectivity index (χ2v) is 14.1. The number of benzene rings is 3. The normalized spacial score (nSPS) is 15.0. The third kappa shape index (κ3) is 8.10. The maximum Gasteiger partial charge on any atom is 0.268 e. The highest BCUT2D eigenvalue weighted by Crippen LogP contribution is 2.35. The van der Waals surface area contributed by atoms with Crippen LogP contribution in [0.25, 0.3) is 0 Å². The van der Waals surface area contributed by atoms with Gasteiger partial charge < -0.3 is 4.90 Å². The topological polar surface area (TPSA) is 92.3 Å². The molecule has 4 aromatic rings. The zero-order chi connectivity index (χ0) is 32.0. The van der Waals surface area contributed by atoms with E-state index in [0.29, 0.717) is 35.4 Å². The Balaban J connectivity index is 1.42. The number of unbranched alkanes of at least 4 members (excludes halogenated alkanes) is 1. The minimum Gasteiger partial charge on any atom is -0.334 e. The molecule has 0 saturated carbocycles. The smallest absolute Gasteiger partial charge is 0.268 e. The van der Waals surface area contributed by atoms with E-state index < -0.39 is 15.9 Å². The number of hydrogen-bond donors (Lipinski definition) is 1. The number of carbonyl (C=O) groups is 1. The first-order valence-electron chi connectivity index (χ1n) is 15.8. The van der Waals surface area contributed by atoms with Crippen LogP contribution in [-0.4, -0.2) is 30.8 Å². The number of aryl methyl sites for hydroxylation is 3. The highest BCUT2D eigenvalue weighted by atomic mass is 35.5. The van der Waals surface area contributed by atoms with Gasteiger partial charge >= 0.3 is 0 Å². The number of carbonyl (C=O) groups excluding carboxylic acids is 1. The number of halogens is 1. The van der Waals surface area contributed by atoms with Gasteiger partial charge in [0.05, 0.1) is 22.2 Å². The second kappa shape index (κ2) is 14.6. The van der Waals surface area contributed by atoms with Crippen molar-refractivity contribution in [2.45, 2.75) is 82.6 Å². The fourth-order valence-electron chi connectivity index (χ4n) is 5.75. The van der Waals surface area contributed by atoms with Crippen LogP contribution < -0.4 is 9.62 Å². The van der Waals surface area contributed by atoms with Gasteiger partial charge in [-0.2, -0.15) is 0 Å². The van der Waals surface area contributed by atoms with Gasteiger partial charge in [0.15, 0.2) is 0 Å². The van der Waals surface area contributed by atoms with E-state index in [1.54, 1.807) is 24.3 Å². The number of hydrogen-bond acceptors (Lipinski definition) is 6. The Morgan fingerprint density at radius 2 is 1.62 bits per heavy atom. The average molecular weight is 645 g/mol. The van der Waals surface area contributed by atoms with Crippen molar-refractivity contribution in [3.05, 3.63) is 118 Å². The first-order chi connectivity index (χ1) is 21.6. The van der Waals surface area contributed by atoms with E-state index in [-0.39, 0.29) is 16.5 Å². The van der Waals surface area contributed by atoms with E-state index in [0.717, 1.165) is 55.3 Å². The van der Waals surface area contributed by atoms with Gasteiger partial charge in [-0.05, 0) is 91.0 Å². The molecule has 1 atom stereocenters. The van der Waals surface area contributed by atoms with Gasteiger partial charge in [-0.15, -0.1) is 0 Å². The number of sulfonamides is 1. The third-order valence-electron chi connectivity index (χ3n) is 8.44. The van der Waals surface area contributed by atoms with Crippen LogP contribution >= 0.6 is 11.6 Å². The lowest BCUT2D eigenvalue weighted by molar-refractivity contribution is 0.0979. The van der Waals surface area contributed by atoms with Crippen LogP contribution in [0.1, 0.15) is 96.7 Å². The zero-order valence-electron chi connectivity index (χ0n) is 26.2. The van der Waals surface area contributed by atoms with Crippen LogP contribution in [0, 0.1) is 0 Å². The molecule has 2 heterocycles. The molecular formula is C36H41ClN4O3S.